The Kier molecular flexibility index (Phi) is 6.98. The van der Waals surface area contributed by atoms with E-state index in [1.54, 1.807) is 13.1 Å². The molecule has 0 unspecified atom stereocenters. The molecule has 1 amide bonds. The van der Waals surface area contributed by atoms with Crippen molar-refractivity contribution in [3.8, 4) is 0 Å². The molecule has 0 saturated heterocycles. The van der Waals surface area contributed by atoms with E-state index in [0.717, 1.165) is 33.7 Å². The van der Waals surface area contributed by atoms with Gasteiger partial charge < -0.3 is 4.57 Å². The zero-order chi connectivity index (χ0) is 21.9. The summed E-state index contributed by atoms with van der Waals surface area (Å²) in [5.74, 6) is -0.114. The van der Waals surface area contributed by atoms with Gasteiger partial charge in [-0.05, 0) is 52.5 Å². The zero-order valence-corrected chi connectivity index (χ0v) is 19.8. The van der Waals surface area contributed by atoms with Crippen LogP contribution in [0.5, 0.6) is 0 Å². The number of aromatic nitrogens is 2. The van der Waals surface area contributed by atoms with Gasteiger partial charge >= 0.3 is 0 Å². The van der Waals surface area contributed by atoms with Gasteiger partial charge in [0.15, 0.2) is 0 Å². The molecule has 6 nitrogen and oxygen atoms in total. The second-order valence-corrected chi connectivity index (χ2v) is 10.2. The molecule has 3 aromatic rings. The molecule has 0 fully saturated rings. The number of sulfonamides is 1. The molecule has 0 aliphatic rings. The number of aryl methyl sites for hydroxylation is 2. The topological polar surface area (TPSA) is 81.1 Å². The Morgan fingerprint density at radius 2 is 1.90 bits per heavy atom. The van der Waals surface area contributed by atoms with E-state index in [-0.39, 0.29) is 11.4 Å². The maximum Gasteiger partial charge on any atom is 0.284 e. The summed E-state index contributed by atoms with van der Waals surface area (Å²) in [5, 5.41) is 2.27. The molecule has 8 heteroatoms. The number of unbranched alkanes of at least 4 members (excludes halogenated alkanes) is 2. The van der Waals surface area contributed by atoms with Gasteiger partial charge in [0.25, 0.3) is 5.91 Å². The van der Waals surface area contributed by atoms with E-state index in [1.165, 1.54) is 5.56 Å². The lowest BCUT2D eigenvalue weighted by atomic mass is 10.0. The van der Waals surface area contributed by atoms with E-state index in [2.05, 4.69) is 56.8 Å². The van der Waals surface area contributed by atoms with Crippen LogP contribution in [0.25, 0.3) is 10.8 Å². The Labute approximate surface area is 185 Å². The first-order valence-corrected chi connectivity index (χ1v) is 12.4. The average molecular weight is 492 g/mol. The van der Waals surface area contributed by atoms with Crippen molar-refractivity contribution < 1.29 is 13.2 Å². The molecule has 0 saturated carbocycles. The van der Waals surface area contributed by atoms with Crippen LogP contribution in [-0.4, -0.2) is 29.6 Å². The molecule has 1 heterocycles. The Balaban J connectivity index is 1.79. The second kappa shape index (κ2) is 9.31. The van der Waals surface area contributed by atoms with Crippen molar-refractivity contribution in [2.75, 3.05) is 5.75 Å². The molecule has 0 spiro atoms. The van der Waals surface area contributed by atoms with Crippen molar-refractivity contribution in [2.24, 2.45) is 0 Å². The Hall–Kier alpha value is -2.19. The molecular weight excluding hydrogens is 466 g/mol. The fraction of sp³-hybridized carbons (Fsp3) is 0.364. The number of rotatable bonds is 8. The number of nitrogens with zero attached hydrogens (tertiary/aromatic N) is 2. The maximum absolute atomic E-state index is 12.4. The largest absolute Gasteiger partial charge is 0.330 e. The fourth-order valence-corrected chi connectivity index (χ4v) is 4.99. The monoisotopic (exact) mass is 491 g/mol. The van der Waals surface area contributed by atoms with Crippen LogP contribution in [0.3, 0.4) is 0 Å². The first-order valence-electron chi connectivity index (χ1n) is 9.96. The van der Waals surface area contributed by atoms with Gasteiger partial charge in [-0.2, -0.15) is 0 Å². The highest BCUT2D eigenvalue weighted by atomic mass is 79.9. The normalized spacial score (nSPS) is 11.7. The van der Waals surface area contributed by atoms with Crippen LogP contribution in [0.1, 0.15) is 53.6 Å². The summed E-state index contributed by atoms with van der Waals surface area (Å²) in [4.78, 5) is 16.7. The highest BCUT2D eigenvalue weighted by Gasteiger charge is 2.19. The molecule has 0 aliphatic heterocycles. The van der Waals surface area contributed by atoms with Gasteiger partial charge in [0.2, 0.25) is 10.0 Å². The molecule has 1 N–H and O–H groups in total. The van der Waals surface area contributed by atoms with Gasteiger partial charge in [0.1, 0.15) is 11.5 Å². The predicted molar refractivity (Wildman–Crippen MR) is 123 cm³/mol. The Bertz CT molecular complexity index is 1190. The van der Waals surface area contributed by atoms with Crippen LogP contribution < -0.4 is 4.72 Å². The summed E-state index contributed by atoms with van der Waals surface area (Å²) in [6.45, 7) is 6.36. The third-order valence-electron chi connectivity index (χ3n) is 5.01. The van der Waals surface area contributed by atoms with Gasteiger partial charge in [-0.1, -0.05) is 55.7 Å². The third kappa shape index (κ3) is 5.29. The number of hydrogen-bond donors (Lipinski definition) is 1. The zero-order valence-electron chi connectivity index (χ0n) is 17.4. The summed E-state index contributed by atoms with van der Waals surface area (Å²) < 4.78 is 29.2. The van der Waals surface area contributed by atoms with E-state index in [4.69, 9.17) is 0 Å². The van der Waals surface area contributed by atoms with Crippen molar-refractivity contribution >= 4 is 42.6 Å². The maximum atomic E-state index is 12.4. The number of imidazole rings is 1. The number of nitrogens with one attached hydrogen (secondary N) is 1. The average Bonchev–Trinajstić information content (AvgIpc) is 3.05. The van der Waals surface area contributed by atoms with Crippen molar-refractivity contribution in [1.82, 2.24) is 14.3 Å². The van der Waals surface area contributed by atoms with Crippen LogP contribution in [0.2, 0.25) is 0 Å². The lowest BCUT2D eigenvalue weighted by Gasteiger charge is -2.10. The number of carbonyl (C=O) groups excluding carboxylic acids is 1. The van der Waals surface area contributed by atoms with E-state index < -0.39 is 15.9 Å². The third-order valence-corrected chi connectivity index (χ3v) is 7.26. The molecule has 30 heavy (non-hydrogen) atoms. The van der Waals surface area contributed by atoms with Gasteiger partial charge in [-0.15, -0.1) is 0 Å². The first kappa shape index (κ1) is 22.5. The number of amides is 1. The van der Waals surface area contributed by atoms with Crippen molar-refractivity contribution in [2.45, 2.75) is 46.6 Å². The molecule has 0 aliphatic carbocycles. The minimum absolute atomic E-state index is 0.0598. The Morgan fingerprint density at radius 1 is 1.17 bits per heavy atom. The van der Waals surface area contributed by atoms with E-state index in [1.807, 2.05) is 17.6 Å². The SMILES string of the molecule is CCCCCS(=O)(=O)NC(=O)c1cn(Cc2ccc3ccc(C)cc3c2Br)c(C)n1. The fourth-order valence-electron chi connectivity index (χ4n) is 3.31. The minimum Gasteiger partial charge on any atom is -0.330 e. The van der Waals surface area contributed by atoms with Crippen LogP contribution in [0.15, 0.2) is 41.0 Å². The predicted octanol–water partition coefficient (Wildman–Crippen LogP) is 4.71. The molecule has 0 atom stereocenters. The van der Waals surface area contributed by atoms with Crippen molar-refractivity contribution in [3.63, 3.8) is 0 Å². The summed E-state index contributed by atoms with van der Waals surface area (Å²) in [6.07, 6.45) is 3.85. The first-order chi connectivity index (χ1) is 14.2. The molecule has 160 valence electrons. The summed E-state index contributed by atoms with van der Waals surface area (Å²) >= 11 is 3.71. The molecule has 0 radical (unpaired) electrons. The molecule has 3 rings (SSSR count). The standard InChI is InChI=1S/C22H26BrN3O3S/c1-4-5-6-11-30(28,29)25-22(27)20-14-26(16(3)24-20)13-18-10-9-17-8-7-15(2)12-19(17)21(18)23/h7-10,12,14H,4-6,11,13H2,1-3H3,(H,25,27). The van der Waals surface area contributed by atoms with Crippen LogP contribution in [-0.2, 0) is 16.6 Å². The Morgan fingerprint density at radius 3 is 2.63 bits per heavy atom. The summed E-state index contributed by atoms with van der Waals surface area (Å²) in [5.41, 5.74) is 2.32. The molecule has 1 aromatic heterocycles. The highest BCUT2D eigenvalue weighted by Crippen LogP contribution is 2.29. The second-order valence-electron chi connectivity index (χ2n) is 7.52. The van der Waals surface area contributed by atoms with Crippen LogP contribution in [0, 0.1) is 13.8 Å². The van der Waals surface area contributed by atoms with Gasteiger partial charge in [0.05, 0.1) is 5.75 Å². The molecule has 0 bridgehead atoms. The lowest BCUT2D eigenvalue weighted by molar-refractivity contribution is 0.0977. The number of hydrogen-bond acceptors (Lipinski definition) is 4. The minimum atomic E-state index is -3.66. The smallest absolute Gasteiger partial charge is 0.284 e. The summed E-state index contributed by atoms with van der Waals surface area (Å²) in [6, 6.07) is 10.4. The quantitative estimate of drug-likeness (QED) is 0.462. The van der Waals surface area contributed by atoms with E-state index >= 15 is 0 Å². The van der Waals surface area contributed by atoms with Crippen LogP contribution >= 0.6 is 15.9 Å². The number of benzene rings is 2. The summed E-state index contributed by atoms with van der Waals surface area (Å²) in [7, 11) is -3.66. The molecule has 2 aromatic carbocycles. The number of carbonyl (C=O) groups is 1. The van der Waals surface area contributed by atoms with Crippen molar-refractivity contribution in [3.05, 3.63) is 63.6 Å². The van der Waals surface area contributed by atoms with Gasteiger partial charge in [-0.3, -0.25) is 4.79 Å². The number of halogens is 1. The van der Waals surface area contributed by atoms with E-state index in [9.17, 15) is 13.2 Å². The van der Waals surface area contributed by atoms with Gasteiger partial charge in [0, 0.05) is 17.2 Å². The number of fused-ring (bicyclic) bond motifs is 1. The highest BCUT2D eigenvalue weighted by molar-refractivity contribution is 9.10. The lowest BCUT2D eigenvalue weighted by Crippen LogP contribution is -2.32. The van der Waals surface area contributed by atoms with Crippen molar-refractivity contribution in [1.29, 1.82) is 0 Å². The van der Waals surface area contributed by atoms with E-state index in [0.29, 0.717) is 18.8 Å². The van der Waals surface area contributed by atoms with Gasteiger partial charge in [-0.25, -0.2) is 18.1 Å². The van der Waals surface area contributed by atoms with Crippen LogP contribution in [0.4, 0.5) is 0 Å². The molecular formula is C22H26BrN3O3S.